The van der Waals surface area contributed by atoms with Gasteiger partial charge in [-0.1, -0.05) is 11.6 Å². The van der Waals surface area contributed by atoms with Crippen molar-refractivity contribution in [3.8, 4) is 0 Å². The lowest BCUT2D eigenvalue weighted by molar-refractivity contribution is 0.0600. The van der Waals surface area contributed by atoms with E-state index < -0.39 is 5.97 Å². The number of carbonyl (C=O) groups is 1. The van der Waals surface area contributed by atoms with Gasteiger partial charge in [0.1, 0.15) is 11.0 Å². The van der Waals surface area contributed by atoms with E-state index in [1.165, 1.54) is 13.2 Å². The third kappa shape index (κ3) is 3.36. The van der Waals surface area contributed by atoms with Gasteiger partial charge in [0.05, 0.1) is 18.8 Å². The summed E-state index contributed by atoms with van der Waals surface area (Å²) >= 11 is 5.96. The molecule has 0 bridgehead atoms. The smallest absolute Gasteiger partial charge is 0.338 e. The zero-order valence-corrected chi connectivity index (χ0v) is 11.8. The van der Waals surface area contributed by atoms with Gasteiger partial charge in [0, 0.05) is 20.2 Å². The molecule has 1 aromatic rings. The molecular formula is C13H17ClN2O3. The molecule has 1 aromatic heterocycles. The maximum atomic E-state index is 11.6. The lowest BCUT2D eigenvalue weighted by Crippen LogP contribution is -2.37. The topological polar surface area (TPSA) is 51.7 Å². The summed E-state index contributed by atoms with van der Waals surface area (Å²) in [5, 5.41) is 0.298. The van der Waals surface area contributed by atoms with E-state index in [0.29, 0.717) is 22.6 Å². The van der Waals surface area contributed by atoms with Crippen molar-refractivity contribution in [2.24, 2.45) is 0 Å². The van der Waals surface area contributed by atoms with Gasteiger partial charge in [-0.2, -0.15) is 0 Å². The van der Waals surface area contributed by atoms with E-state index in [4.69, 9.17) is 21.1 Å². The SMILES string of the molecule is COC(=O)c1cc(Cl)nc(N2CCC(OC)CC2)c1. The number of nitrogens with zero attached hydrogens (tertiary/aromatic N) is 2. The number of methoxy groups -OCH3 is 2. The number of pyridine rings is 1. The van der Waals surface area contributed by atoms with Crippen LogP contribution in [0.4, 0.5) is 5.82 Å². The molecule has 0 radical (unpaired) electrons. The van der Waals surface area contributed by atoms with Crippen LogP contribution in [0.25, 0.3) is 0 Å². The quantitative estimate of drug-likeness (QED) is 0.629. The Morgan fingerprint density at radius 2 is 2.05 bits per heavy atom. The fraction of sp³-hybridized carbons (Fsp3) is 0.538. The van der Waals surface area contributed by atoms with E-state index in [-0.39, 0.29) is 0 Å². The van der Waals surface area contributed by atoms with Gasteiger partial charge >= 0.3 is 5.97 Å². The Morgan fingerprint density at radius 3 is 2.63 bits per heavy atom. The van der Waals surface area contributed by atoms with Gasteiger partial charge in [-0.3, -0.25) is 0 Å². The Balaban J connectivity index is 2.16. The summed E-state index contributed by atoms with van der Waals surface area (Å²) in [4.78, 5) is 17.9. The summed E-state index contributed by atoms with van der Waals surface area (Å²) < 4.78 is 10.0. The standard InChI is InChI=1S/C13H17ClN2O3/c1-18-10-3-5-16(6-4-10)12-8-9(13(17)19-2)7-11(14)15-12/h7-8,10H,3-6H2,1-2H3. The summed E-state index contributed by atoms with van der Waals surface area (Å²) in [7, 11) is 3.08. The highest BCUT2D eigenvalue weighted by molar-refractivity contribution is 6.29. The molecule has 6 heteroatoms. The summed E-state index contributed by atoms with van der Waals surface area (Å²) in [5.41, 5.74) is 0.423. The first-order valence-electron chi connectivity index (χ1n) is 6.17. The summed E-state index contributed by atoms with van der Waals surface area (Å²) in [6, 6.07) is 3.23. The van der Waals surface area contributed by atoms with Crippen LogP contribution in [0.1, 0.15) is 23.2 Å². The number of halogens is 1. The number of rotatable bonds is 3. The lowest BCUT2D eigenvalue weighted by Gasteiger charge is -2.32. The second-order valence-corrected chi connectivity index (χ2v) is 4.84. The minimum Gasteiger partial charge on any atom is -0.465 e. The highest BCUT2D eigenvalue weighted by atomic mass is 35.5. The zero-order valence-electron chi connectivity index (χ0n) is 11.1. The van der Waals surface area contributed by atoms with E-state index in [1.807, 2.05) is 0 Å². The van der Waals surface area contributed by atoms with Gasteiger partial charge in [-0.05, 0) is 25.0 Å². The Kier molecular flexibility index (Phi) is 4.61. The van der Waals surface area contributed by atoms with Crippen molar-refractivity contribution in [1.82, 2.24) is 4.98 Å². The van der Waals surface area contributed by atoms with Crippen LogP contribution < -0.4 is 4.90 Å². The summed E-state index contributed by atoms with van der Waals surface area (Å²) in [6.45, 7) is 1.68. The molecule has 0 N–H and O–H groups in total. The monoisotopic (exact) mass is 284 g/mol. The van der Waals surface area contributed by atoms with Crippen LogP contribution in [0, 0.1) is 0 Å². The third-order valence-electron chi connectivity index (χ3n) is 3.30. The molecule has 1 fully saturated rings. The number of hydrogen-bond acceptors (Lipinski definition) is 5. The minimum atomic E-state index is -0.405. The molecule has 0 spiro atoms. The van der Waals surface area contributed by atoms with E-state index in [1.54, 1.807) is 13.2 Å². The zero-order chi connectivity index (χ0) is 13.8. The molecular weight excluding hydrogens is 268 g/mol. The van der Waals surface area contributed by atoms with Crippen molar-refractivity contribution in [1.29, 1.82) is 0 Å². The number of ether oxygens (including phenoxy) is 2. The molecule has 0 atom stereocenters. The molecule has 0 aromatic carbocycles. The number of aromatic nitrogens is 1. The average Bonchev–Trinajstić information content (AvgIpc) is 2.45. The van der Waals surface area contributed by atoms with E-state index in [0.717, 1.165) is 25.9 Å². The predicted octanol–water partition coefficient (Wildman–Crippen LogP) is 2.14. The van der Waals surface area contributed by atoms with Gasteiger partial charge in [0.25, 0.3) is 0 Å². The molecule has 104 valence electrons. The highest BCUT2D eigenvalue weighted by Crippen LogP contribution is 2.23. The van der Waals surface area contributed by atoms with Crippen molar-refractivity contribution in [2.45, 2.75) is 18.9 Å². The number of piperidine rings is 1. The third-order valence-corrected chi connectivity index (χ3v) is 3.49. The largest absolute Gasteiger partial charge is 0.465 e. The van der Waals surface area contributed by atoms with E-state index >= 15 is 0 Å². The van der Waals surface area contributed by atoms with E-state index in [2.05, 4.69) is 9.88 Å². The Hall–Kier alpha value is -1.33. The molecule has 19 heavy (non-hydrogen) atoms. The van der Waals surface area contributed by atoms with Crippen LogP contribution in [0.5, 0.6) is 0 Å². The Labute approximate surface area is 117 Å². The van der Waals surface area contributed by atoms with Gasteiger partial charge in [0.2, 0.25) is 0 Å². The molecule has 2 rings (SSSR count). The molecule has 1 saturated heterocycles. The second kappa shape index (κ2) is 6.21. The number of esters is 1. The van der Waals surface area contributed by atoms with Crippen LogP contribution in [-0.2, 0) is 9.47 Å². The lowest BCUT2D eigenvalue weighted by atomic mass is 10.1. The first-order chi connectivity index (χ1) is 9.13. The highest BCUT2D eigenvalue weighted by Gasteiger charge is 2.21. The molecule has 0 aliphatic carbocycles. The van der Waals surface area contributed by atoms with Gasteiger partial charge in [-0.15, -0.1) is 0 Å². The summed E-state index contributed by atoms with van der Waals surface area (Å²) in [5.74, 6) is 0.305. The van der Waals surface area contributed by atoms with Crippen LogP contribution in [0.15, 0.2) is 12.1 Å². The van der Waals surface area contributed by atoms with Crippen molar-refractivity contribution < 1.29 is 14.3 Å². The van der Waals surface area contributed by atoms with Crippen LogP contribution in [0.3, 0.4) is 0 Å². The maximum Gasteiger partial charge on any atom is 0.338 e. The molecule has 5 nitrogen and oxygen atoms in total. The maximum absolute atomic E-state index is 11.6. The fourth-order valence-electron chi connectivity index (χ4n) is 2.20. The summed E-state index contributed by atoms with van der Waals surface area (Å²) in [6.07, 6.45) is 2.19. The molecule has 0 unspecified atom stereocenters. The molecule has 1 aliphatic rings. The van der Waals surface area contributed by atoms with Crippen LogP contribution in [-0.4, -0.2) is 44.4 Å². The molecule has 2 heterocycles. The molecule has 0 amide bonds. The Morgan fingerprint density at radius 1 is 1.37 bits per heavy atom. The van der Waals surface area contributed by atoms with Gasteiger partial charge < -0.3 is 14.4 Å². The number of carbonyl (C=O) groups excluding carboxylic acids is 1. The van der Waals surface area contributed by atoms with Crippen molar-refractivity contribution in [2.75, 3.05) is 32.2 Å². The number of anilines is 1. The van der Waals surface area contributed by atoms with Gasteiger partial charge in [0.15, 0.2) is 0 Å². The normalized spacial score (nSPS) is 16.5. The van der Waals surface area contributed by atoms with Crippen molar-refractivity contribution >= 4 is 23.4 Å². The first kappa shape index (κ1) is 14.1. The Bertz CT molecular complexity index is 459. The number of hydrogen-bond donors (Lipinski definition) is 0. The van der Waals surface area contributed by atoms with Crippen LogP contribution >= 0.6 is 11.6 Å². The van der Waals surface area contributed by atoms with Crippen molar-refractivity contribution in [3.05, 3.63) is 22.8 Å². The molecule has 0 saturated carbocycles. The van der Waals surface area contributed by atoms with Crippen LogP contribution in [0.2, 0.25) is 5.15 Å². The predicted molar refractivity (Wildman–Crippen MR) is 72.8 cm³/mol. The molecule has 1 aliphatic heterocycles. The minimum absolute atomic E-state index is 0.298. The first-order valence-corrected chi connectivity index (χ1v) is 6.55. The van der Waals surface area contributed by atoms with E-state index in [9.17, 15) is 4.79 Å². The fourth-order valence-corrected chi connectivity index (χ4v) is 2.41. The van der Waals surface area contributed by atoms with Crippen molar-refractivity contribution in [3.63, 3.8) is 0 Å². The van der Waals surface area contributed by atoms with Gasteiger partial charge in [-0.25, -0.2) is 9.78 Å². The average molecular weight is 285 g/mol. The second-order valence-electron chi connectivity index (χ2n) is 4.45.